The first-order valence-corrected chi connectivity index (χ1v) is 7.81. The minimum atomic E-state index is -0.854. The lowest BCUT2D eigenvalue weighted by Crippen LogP contribution is -2.28. The van der Waals surface area contributed by atoms with Gasteiger partial charge in [0.05, 0.1) is 0 Å². The molecule has 118 valence electrons. The smallest absolute Gasteiger partial charge is 0.303 e. The van der Waals surface area contributed by atoms with Crippen molar-refractivity contribution < 1.29 is 19.2 Å². The number of carbonyl (C=O) groups excluding carboxylic acids is 1. The molecule has 0 unspecified atom stereocenters. The van der Waals surface area contributed by atoms with Gasteiger partial charge in [0.1, 0.15) is 0 Å². The average molecular weight is 323 g/mol. The molecule has 0 bridgehead atoms. The number of rotatable bonds is 8. The highest BCUT2D eigenvalue weighted by Crippen LogP contribution is 2.19. The van der Waals surface area contributed by atoms with Crippen LogP contribution in [0.25, 0.3) is 11.4 Å². The first-order chi connectivity index (χ1) is 10.6. The standard InChI is InChI=1S/C14H17N3O4S/c1-17(7-2-3-13(19)20)12(18)5-4-11-15-14(16-21-11)10-6-8-22-9-10/h6,8-9H,2-5,7H2,1H3,(H,19,20). The number of aliphatic carboxylic acids is 1. The second kappa shape index (κ2) is 7.69. The lowest BCUT2D eigenvalue weighted by atomic mass is 10.2. The van der Waals surface area contributed by atoms with Gasteiger partial charge in [-0.15, -0.1) is 0 Å². The molecule has 0 saturated carbocycles. The molecule has 0 spiro atoms. The van der Waals surface area contributed by atoms with Crippen LogP contribution in [-0.2, 0) is 16.0 Å². The van der Waals surface area contributed by atoms with E-state index in [1.54, 1.807) is 18.4 Å². The number of carboxylic acids is 1. The van der Waals surface area contributed by atoms with Crippen LogP contribution in [0.3, 0.4) is 0 Å². The average Bonchev–Trinajstić information content (AvgIpc) is 3.14. The van der Waals surface area contributed by atoms with Crippen molar-refractivity contribution in [3.05, 3.63) is 22.7 Å². The SMILES string of the molecule is CN(CCCC(=O)O)C(=O)CCc1nc(-c2ccsc2)no1. The summed E-state index contributed by atoms with van der Waals surface area (Å²) in [4.78, 5) is 28.1. The van der Waals surface area contributed by atoms with Crippen molar-refractivity contribution in [2.24, 2.45) is 0 Å². The maximum absolute atomic E-state index is 11.9. The van der Waals surface area contributed by atoms with Gasteiger partial charge in [-0.1, -0.05) is 5.16 Å². The largest absolute Gasteiger partial charge is 0.481 e. The van der Waals surface area contributed by atoms with Crippen LogP contribution in [0, 0.1) is 0 Å². The fourth-order valence-corrected chi connectivity index (χ4v) is 2.50. The molecule has 0 saturated heterocycles. The lowest BCUT2D eigenvalue weighted by Gasteiger charge is -2.15. The van der Waals surface area contributed by atoms with Gasteiger partial charge in [0.25, 0.3) is 0 Å². The number of amides is 1. The highest BCUT2D eigenvalue weighted by atomic mass is 32.1. The highest BCUT2D eigenvalue weighted by molar-refractivity contribution is 7.08. The second-order valence-corrected chi connectivity index (χ2v) is 5.62. The van der Waals surface area contributed by atoms with E-state index in [-0.39, 0.29) is 18.7 Å². The molecule has 22 heavy (non-hydrogen) atoms. The van der Waals surface area contributed by atoms with Gasteiger partial charge in [-0.2, -0.15) is 16.3 Å². The Bertz CT molecular complexity index is 624. The molecule has 0 radical (unpaired) electrons. The van der Waals surface area contributed by atoms with Crippen LogP contribution in [0.2, 0.25) is 0 Å². The Kier molecular flexibility index (Phi) is 5.65. The van der Waals surface area contributed by atoms with Gasteiger partial charge >= 0.3 is 5.97 Å². The van der Waals surface area contributed by atoms with E-state index in [9.17, 15) is 9.59 Å². The zero-order chi connectivity index (χ0) is 15.9. The number of nitrogens with zero attached hydrogens (tertiary/aromatic N) is 3. The Morgan fingerprint density at radius 1 is 1.41 bits per heavy atom. The van der Waals surface area contributed by atoms with Crippen LogP contribution in [-0.4, -0.2) is 45.6 Å². The molecule has 7 nitrogen and oxygen atoms in total. The van der Waals surface area contributed by atoms with E-state index >= 15 is 0 Å². The second-order valence-electron chi connectivity index (χ2n) is 4.84. The van der Waals surface area contributed by atoms with Crippen LogP contribution in [0.15, 0.2) is 21.3 Å². The Balaban J connectivity index is 1.77. The summed E-state index contributed by atoms with van der Waals surface area (Å²) in [6.07, 6.45) is 1.14. The summed E-state index contributed by atoms with van der Waals surface area (Å²) in [6, 6.07) is 1.90. The van der Waals surface area contributed by atoms with Crippen LogP contribution in [0.1, 0.15) is 25.2 Å². The molecule has 0 aliphatic heterocycles. The zero-order valence-corrected chi connectivity index (χ0v) is 13.0. The van der Waals surface area contributed by atoms with Gasteiger partial charge in [-0.05, 0) is 17.9 Å². The molecule has 2 aromatic heterocycles. The van der Waals surface area contributed by atoms with E-state index in [1.807, 2.05) is 16.8 Å². The number of aryl methyl sites for hydroxylation is 1. The molecule has 1 amide bonds. The molecule has 8 heteroatoms. The lowest BCUT2D eigenvalue weighted by molar-refractivity contribution is -0.138. The van der Waals surface area contributed by atoms with Crippen LogP contribution in [0.4, 0.5) is 0 Å². The normalized spacial score (nSPS) is 10.6. The molecule has 2 heterocycles. The summed E-state index contributed by atoms with van der Waals surface area (Å²) in [5.41, 5.74) is 0.900. The number of hydrogen-bond acceptors (Lipinski definition) is 6. The number of thiophene rings is 1. The number of carboxylic acid groups (broad SMARTS) is 1. The Labute approximate surface area is 131 Å². The summed E-state index contributed by atoms with van der Waals surface area (Å²) in [6.45, 7) is 0.426. The van der Waals surface area contributed by atoms with Crippen molar-refractivity contribution in [1.29, 1.82) is 0 Å². The minimum absolute atomic E-state index is 0.0608. The molecule has 1 N–H and O–H groups in total. The predicted molar refractivity (Wildman–Crippen MR) is 80.4 cm³/mol. The maximum Gasteiger partial charge on any atom is 0.303 e. The first kappa shape index (κ1) is 16.2. The molecule has 0 aliphatic carbocycles. The van der Waals surface area contributed by atoms with Crippen molar-refractivity contribution in [2.45, 2.75) is 25.7 Å². The minimum Gasteiger partial charge on any atom is -0.481 e. The summed E-state index contributed by atoms with van der Waals surface area (Å²) in [7, 11) is 1.66. The van der Waals surface area contributed by atoms with Gasteiger partial charge in [0.2, 0.25) is 17.6 Å². The van der Waals surface area contributed by atoms with E-state index in [0.717, 1.165) is 5.56 Å². The maximum atomic E-state index is 11.9. The molecular formula is C14H17N3O4S. The molecule has 0 aromatic carbocycles. The third-order valence-corrected chi connectivity index (χ3v) is 3.79. The van der Waals surface area contributed by atoms with Crippen molar-refractivity contribution >= 4 is 23.2 Å². The summed E-state index contributed by atoms with van der Waals surface area (Å²) >= 11 is 1.55. The summed E-state index contributed by atoms with van der Waals surface area (Å²) in [5.74, 6) is 0.0281. The summed E-state index contributed by atoms with van der Waals surface area (Å²) < 4.78 is 5.13. The van der Waals surface area contributed by atoms with Gasteiger partial charge in [0, 0.05) is 43.8 Å². The van der Waals surface area contributed by atoms with Gasteiger partial charge in [0.15, 0.2) is 0 Å². The van der Waals surface area contributed by atoms with E-state index in [1.165, 1.54) is 4.90 Å². The zero-order valence-electron chi connectivity index (χ0n) is 12.2. The van der Waals surface area contributed by atoms with Crippen molar-refractivity contribution in [3.8, 4) is 11.4 Å². The van der Waals surface area contributed by atoms with Crippen molar-refractivity contribution in [3.63, 3.8) is 0 Å². The van der Waals surface area contributed by atoms with E-state index < -0.39 is 5.97 Å². The highest BCUT2D eigenvalue weighted by Gasteiger charge is 2.13. The molecular weight excluding hydrogens is 306 g/mol. The van der Waals surface area contributed by atoms with Crippen molar-refractivity contribution in [1.82, 2.24) is 15.0 Å². The van der Waals surface area contributed by atoms with Crippen molar-refractivity contribution in [2.75, 3.05) is 13.6 Å². The van der Waals surface area contributed by atoms with Crippen LogP contribution in [0.5, 0.6) is 0 Å². The topological polar surface area (TPSA) is 96.5 Å². The van der Waals surface area contributed by atoms with Gasteiger partial charge < -0.3 is 14.5 Å². The van der Waals surface area contributed by atoms with Gasteiger partial charge in [-0.25, -0.2) is 0 Å². The van der Waals surface area contributed by atoms with Crippen LogP contribution >= 0.6 is 11.3 Å². The van der Waals surface area contributed by atoms with E-state index in [4.69, 9.17) is 9.63 Å². The number of aromatic nitrogens is 2. The first-order valence-electron chi connectivity index (χ1n) is 6.87. The van der Waals surface area contributed by atoms with E-state index in [2.05, 4.69) is 10.1 Å². The fourth-order valence-electron chi connectivity index (χ4n) is 1.86. The third-order valence-electron chi connectivity index (χ3n) is 3.11. The van der Waals surface area contributed by atoms with Crippen LogP contribution < -0.4 is 0 Å². The molecule has 0 aliphatic rings. The Morgan fingerprint density at radius 3 is 2.91 bits per heavy atom. The van der Waals surface area contributed by atoms with Gasteiger partial charge in [-0.3, -0.25) is 9.59 Å². The molecule has 2 aromatic rings. The monoisotopic (exact) mass is 323 g/mol. The molecule has 2 rings (SSSR count). The quantitative estimate of drug-likeness (QED) is 0.798. The fraction of sp³-hybridized carbons (Fsp3) is 0.429. The number of hydrogen-bond donors (Lipinski definition) is 1. The predicted octanol–water partition coefficient (Wildman–Crippen LogP) is 2.05. The Morgan fingerprint density at radius 2 is 2.23 bits per heavy atom. The third kappa shape index (κ3) is 4.66. The molecule has 0 fully saturated rings. The molecule has 0 atom stereocenters. The van der Waals surface area contributed by atoms with E-state index in [0.29, 0.717) is 31.1 Å². The Hall–Kier alpha value is -2.22. The summed E-state index contributed by atoms with van der Waals surface area (Å²) in [5, 5.41) is 16.3. The number of carbonyl (C=O) groups is 2.